The molecular formula is C52H36. The molecule has 0 unspecified atom stereocenters. The predicted octanol–water partition coefficient (Wildman–Crippen LogP) is 12.3. The summed E-state index contributed by atoms with van der Waals surface area (Å²) in [5.74, 6) is 0. The van der Waals surface area contributed by atoms with Crippen molar-refractivity contribution in [1.29, 1.82) is 0 Å². The monoisotopic (exact) mass is 660 g/mol. The minimum Gasteiger partial charge on any atom is -0.0622 e. The van der Waals surface area contributed by atoms with Crippen molar-refractivity contribution in [1.82, 2.24) is 0 Å². The van der Waals surface area contributed by atoms with E-state index in [-0.39, 0.29) is 10.8 Å². The highest BCUT2D eigenvalue weighted by Gasteiger charge is 2.50. The molecular weight excluding hydrogens is 625 g/mol. The van der Waals surface area contributed by atoms with Crippen LogP contribution in [0.5, 0.6) is 0 Å². The quantitative estimate of drug-likeness (QED) is 0.173. The molecule has 0 aliphatic heterocycles. The molecule has 4 aliphatic carbocycles. The molecule has 0 amide bonds. The maximum Gasteiger partial charge on any atom is 0.0296 e. The highest BCUT2D eigenvalue weighted by molar-refractivity contribution is 6.13. The Morgan fingerprint density at radius 2 is 0.615 bits per heavy atom. The van der Waals surface area contributed by atoms with Crippen molar-refractivity contribution in [2.75, 3.05) is 0 Å². The summed E-state index contributed by atoms with van der Waals surface area (Å²) in [6, 6.07) is 65.0. The molecule has 0 fully saturated rings. The Morgan fingerprint density at radius 1 is 0.269 bits per heavy atom. The van der Waals surface area contributed by atoms with E-state index in [9.17, 15) is 0 Å². The van der Waals surface area contributed by atoms with E-state index in [2.05, 4.69) is 170 Å². The Labute approximate surface area is 305 Å². The molecule has 4 aliphatic rings. The van der Waals surface area contributed by atoms with Crippen LogP contribution in [0.3, 0.4) is 0 Å². The zero-order valence-electron chi connectivity index (χ0n) is 29.0. The Balaban J connectivity index is 1.17. The molecule has 0 aromatic heterocycles. The smallest absolute Gasteiger partial charge is 0.0296 e. The van der Waals surface area contributed by atoms with Gasteiger partial charge in [-0.15, -0.1) is 0 Å². The molecule has 0 bridgehead atoms. The van der Waals surface area contributed by atoms with Gasteiger partial charge < -0.3 is 0 Å². The van der Waals surface area contributed by atoms with E-state index in [0.29, 0.717) is 0 Å². The van der Waals surface area contributed by atoms with Gasteiger partial charge in [-0.3, -0.25) is 0 Å². The third-order valence-corrected chi connectivity index (χ3v) is 13.3. The average Bonchev–Trinajstić information content (AvgIpc) is 3.80. The van der Waals surface area contributed by atoms with Crippen LogP contribution in [0.15, 0.2) is 170 Å². The summed E-state index contributed by atoms with van der Waals surface area (Å²) in [6.07, 6.45) is 4.11. The third-order valence-electron chi connectivity index (χ3n) is 13.3. The largest absolute Gasteiger partial charge is 0.0622 e. The maximum absolute atomic E-state index is 2.58. The fourth-order valence-electron chi connectivity index (χ4n) is 11.0. The highest BCUT2D eigenvalue weighted by atomic mass is 14.5. The van der Waals surface area contributed by atoms with E-state index in [0.717, 1.165) is 25.7 Å². The number of rotatable bonds is 2. The van der Waals surface area contributed by atoms with Crippen LogP contribution >= 0.6 is 0 Å². The van der Waals surface area contributed by atoms with Crippen molar-refractivity contribution in [2.45, 2.75) is 36.5 Å². The van der Waals surface area contributed by atoms with Crippen LogP contribution in [0.25, 0.3) is 55.3 Å². The molecule has 0 heterocycles. The van der Waals surface area contributed by atoms with Gasteiger partial charge in [0.05, 0.1) is 0 Å². The molecule has 0 radical (unpaired) electrons. The van der Waals surface area contributed by atoms with Crippen LogP contribution in [0.2, 0.25) is 0 Å². The second kappa shape index (κ2) is 10.3. The minimum absolute atomic E-state index is 0.128. The standard InChI is InChI=1S/C52H36/c1-3-11-33(12-4-1)35-19-21-41-43-23-24-44-42-22-20-36(34-13-5-2-6-14-34)28-48(42)52(31-39-17-9-10-18-40(39)32-52)46-26-25-45(49(43)50(44)46)51(47(41)27-35)29-37-15-7-8-16-38(37)30-51/h1-28H,29-32H2. The van der Waals surface area contributed by atoms with Crippen molar-refractivity contribution in [3.8, 4) is 44.5 Å². The van der Waals surface area contributed by atoms with E-state index in [1.807, 2.05) is 0 Å². The first-order valence-corrected chi connectivity index (χ1v) is 18.9. The SMILES string of the molecule is c1ccc(-c2ccc3c(c2)C2(Cc4ccccc4C2)c2ccc4c5c(ccc-3c25)-c2ccc(-c3ccccc3)cc2C42Cc3ccccc3C2)cc1. The van der Waals surface area contributed by atoms with Crippen molar-refractivity contribution in [3.05, 3.63) is 214 Å². The van der Waals surface area contributed by atoms with Crippen LogP contribution in [0.1, 0.15) is 44.5 Å². The van der Waals surface area contributed by atoms with Gasteiger partial charge in [0.2, 0.25) is 0 Å². The molecule has 0 atom stereocenters. The predicted molar refractivity (Wildman–Crippen MR) is 215 cm³/mol. The third kappa shape index (κ3) is 3.72. The van der Waals surface area contributed by atoms with E-state index in [1.54, 1.807) is 0 Å². The summed E-state index contributed by atoms with van der Waals surface area (Å²) in [5.41, 5.74) is 22.4. The first-order valence-electron chi connectivity index (χ1n) is 18.9. The van der Waals surface area contributed by atoms with Crippen LogP contribution in [-0.2, 0) is 36.5 Å². The topological polar surface area (TPSA) is 0 Å². The summed E-state index contributed by atoms with van der Waals surface area (Å²) in [4.78, 5) is 0. The van der Waals surface area contributed by atoms with E-state index >= 15 is 0 Å². The molecule has 2 spiro atoms. The molecule has 12 rings (SSSR count). The van der Waals surface area contributed by atoms with Crippen molar-refractivity contribution in [2.24, 2.45) is 0 Å². The lowest BCUT2D eigenvalue weighted by molar-refractivity contribution is 0.542. The Kier molecular flexibility index (Phi) is 5.68. The fraction of sp³-hybridized carbons (Fsp3) is 0.115. The molecule has 52 heavy (non-hydrogen) atoms. The van der Waals surface area contributed by atoms with E-state index in [4.69, 9.17) is 0 Å². The zero-order chi connectivity index (χ0) is 34.0. The molecule has 8 aromatic carbocycles. The second-order valence-corrected chi connectivity index (χ2v) is 15.7. The molecule has 0 saturated carbocycles. The lowest BCUT2D eigenvalue weighted by Crippen LogP contribution is -2.35. The Morgan fingerprint density at radius 3 is 1.00 bits per heavy atom. The number of hydrogen-bond donors (Lipinski definition) is 0. The van der Waals surface area contributed by atoms with Crippen molar-refractivity contribution < 1.29 is 0 Å². The molecule has 0 heteroatoms. The number of hydrogen-bond acceptors (Lipinski definition) is 0. The van der Waals surface area contributed by atoms with Crippen LogP contribution in [0, 0.1) is 0 Å². The van der Waals surface area contributed by atoms with Gasteiger partial charge in [-0.2, -0.15) is 0 Å². The molecule has 0 saturated heterocycles. The van der Waals surface area contributed by atoms with E-state index in [1.165, 1.54) is 99.8 Å². The van der Waals surface area contributed by atoms with Crippen molar-refractivity contribution >= 4 is 10.8 Å². The van der Waals surface area contributed by atoms with Gasteiger partial charge in [0.25, 0.3) is 0 Å². The Bertz CT molecular complexity index is 2540. The zero-order valence-corrected chi connectivity index (χ0v) is 29.0. The number of fused-ring (bicyclic) bond motifs is 10. The Hall–Kier alpha value is -5.98. The lowest BCUT2D eigenvalue weighted by atomic mass is 9.59. The van der Waals surface area contributed by atoms with E-state index < -0.39 is 0 Å². The van der Waals surface area contributed by atoms with Crippen LogP contribution in [0.4, 0.5) is 0 Å². The summed E-state index contributed by atoms with van der Waals surface area (Å²) < 4.78 is 0. The summed E-state index contributed by atoms with van der Waals surface area (Å²) in [6.45, 7) is 0. The minimum atomic E-state index is -0.128. The molecule has 8 aromatic rings. The van der Waals surface area contributed by atoms with Gasteiger partial charge in [0, 0.05) is 10.8 Å². The maximum atomic E-state index is 2.58. The first kappa shape index (κ1) is 28.7. The molecule has 0 nitrogen and oxygen atoms in total. The summed E-state index contributed by atoms with van der Waals surface area (Å²) >= 11 is 0. The van der Waals surface area contributed by atoms with Gasteiger partial charge in [0.1, 0.15) is 0 Å². The molecule has 0 N–H and O–H groups in total. The summed E-state index contributed by atoms with van der Waals surface area (Å²) in [7, 11) is 0. The first-order chi connectivity index (χ1) is 25.7. The molecule has 244 valence electrons. The fourth-order valence-corrected chi connectivity index (χ4v) is 11.0. The second-order valence-electron chi connectivity index (χ2n) is 15.7. The van der Waals surface area contributed by atoms with Gasteiger partial charge in [0.15, 0.2) is 0 Å². The van der Waals surface area contributed by atoms with Gasteiger partial charge in [-0.1, -0.05) is 158 Å². The van der Waals surface area contributed by atoms with Crippen LogP contribution < -0.4 is 0 Å². The average molecular weight is 661 g/mol. The highest BCUT2D eigenvalue weighted by Crippen LogP contribution is 2.61. The van der Waals surface area contributed by atoms with Crippen molar-refractivity contribution in [3.63, 3.8) is 0 Å². The van der Waals surface area contributed by atoms with Gasteiger partial charge in [-0.05, 0) is 138 Å². The van der Waals surface area contributed by atoms with Gasteiger partial charge in [-0.25, -0.2) is 0 Å². The lowest BCUT2D eigenvalue weighted by Gasteiger charge is -2.43. The normalized spacial score (nSPS) is 16.1. The summed E-state index contributed by atoms with van der Waals surface area (Å²) in [5, 5.41) is 2.96. The van der Waals surface area contributed by atoms with Gasteiger partial charge >= 0.3 is 0 Å². The number of benzene rings is 8. The van der Waals surface area contributed by atoms with Crippen LogP contribution in [-0.4, -0.2) is 0 Å².